The van der Waals surface area contributed by atoms with Crippen molar-refractivity contribution in [2.75, 3.05) is 35.8 Å². The summed E-state index contributed by atoms with van der Waals surface area (Å²) >= 11 is 5.89. The molecule has 3 aromatic rings. The number of piperazine rings is 1. The summed E-state index contributed by atoms with van der Waals surface area (Å²) < 4.78 is 27.5. The van der Waals surface area contributed by atoms with Crippen molar-refractivity contribution in [3.05, 3.63) is 89.4 Å². The van der Waals surface area contributed by atoms with Gasteiger partial charge in [0.2, 0.25) is 0 Å². The van der Waals surface area contributed by atoms with Gasteiger partial charge in [-0.3, -0.25) is 9.52 Å². The van der Waals surface area contributed by atoms with E-state index in [9.17, 15) is 13.2 Å². The maximum absolute atomic E-state index is 12.9. The van der Waals surface area contributed by atoms with Crippen molar-refractivity contribution in [1.29, 1.82) is 0 Å². The van der Waals surface area contributed by atoms with Crippen molar-refractivity contribution in [2.24, 2.45) is 0 Å². The highest BCUT2D eigenvalue weighted by atomic mass is 35.5. The van der Waals surface area contributed by atoms with Crippen LogP contribution in [0.4, 0.5) is 11.4 Å². The maximum atomic E-state index is 12.9. The van der Waals surface area contributed by atoms with E-state index in [1.165, 1.54) is 12.1 Å². The molecule has 31 heavy (non-hydrogen) atoms. The van der Waals surface area contributed by atoms with Gasteiger partial charge in [0.15, 0.2) is 0 Å². The monoisotopic (exact) mass is 455 g/mol. The summed E-state index contributed by atoms with van der Waals surface area (Å²) in [6, 6.07) is 22.7. The van der Waals surface area contributed by atoms with Crippen LogP contribution in [-0.4, -0.2) is 45.4 Å². The number of halogens is 1. The lowest BCUT2D eigenvalue weighted by molar-refractivity contribution is 0.0747. The fourth-order valence-electron chi connectivity index (χ4n) is 3.52. The van der Waals surface area contributed by atoms with E-state index in [1.54, 1.807) is 36.4 Å². The van der Waals surface area contributed by atoms with Crippen LogP contribution in [0.25, 0.3) is 0 Å². The second-order valence-corrected chi connectivity index (χ2v) is 9.37. The zero-order chi connectivity index (χ0) is 21.8. The summed E-state index contributed by atoms with van der Waals surface area (Å²) in [6.45, 7) is 2.81. The Balaban J connectivity index is 1.38. The minimum atomic E-state index is -3.76. The van der Waals surface area contributed by atoms with Gasteiger partial charge >= 0.3 is 0 Å². The normalized spacial score (nSPS) is 14.4. The first kappa shape index (κ1) is 21.2. The largest absolute Gasteiger partial charge is 0.368 e. The van der Waals surface area contributed by atoms with Crippen molar-refractivity contribution >= 4 is 38.9 Å². The number of nitrogens with one attached hydrogen (secondary N) is 1. The lowest BCUT2D eigenvalue weighted by Gasteiger charge is -2.36. The van der Waals surface area contributed by atoms with Gasteiger partial charge in [-0.05, 0) is 54.6 Å². The predicted molar refractivity (Wildman–Crippen MR) is 123 cm³/mol. The van der Waals surface area contributed by atoms with Gasteiger partial charge in [0.05, 0.1) is 4.90 Å². The van der Waals surface area contributed by atoms with Gasteiger partial charge in [0.25, 0.3) is 15.9 Å². The molecule has 1 aliphatic rings. The number of anilines is 2. The molecule has 4 rings (SSSR count). The number of nitrogens with zero attached hydrogens (tertiary/aromatic N) is 2. The Kier molecular flexibility index (Phi) is 6.15. The highest BCUT2D eigenvalue weighted by Crippen LogP contribution is 2.21. The molecule has 8 heteroatoms. The van der Waals surface area contributed by atoms with Crippen LogP contribution in [0.15, 0.2) is 83.8 Å². The van der Waals surface area contributed by atoms with Gasteiger partial charge in [0.1, 0.15) is 0 Å². The molecule has 0 unspecified atom stereocenters. The van der Waals surface area contributed by atoms with E-state index < -0.39 is 10.0 Å². The zero-order valence-corrected chi connectivity index (χ0v) is 18.3. The van der Waals surface area contributed by atoms with Crippen molar-refractivity contribution in [3.63, 3.8) is 0 Å². The molecule has 0 aliphatic carbocycles. The molecule has 160 valence electrons. The quantitative estimate of drug-likeness (QED) is 0.628. The van der Waals surface area contributed by atoms with Crippen LogP contribution in [0.5, 0.6) is 0 Å². The molecular weight excluding hydrogens is 434 g/mol. The number of amides is 1. The number of benzene rings is 3. The van der Waals surface area contributed by atoms with Crippen LogP contribution in [0.2, 0.25) is 5.02 Å². The van der Waals surface area contributed by atoms with E-state index in [4.69, 9.17) is 11.6 Å². The highest BCUT2D eigenvalue weighted by Gasteiger charge is 2.22. The number of rotatable bonds is 5. The molecule has 1 fully saturated rings. The summed E-state index contributed by atoms with van der Waals surface area (Å²) in [4.78, 5) is 17.0. The highest BCUT2D eigenvalue weighted by molar-refractivity contribution is 7.92. The van der Waals surface area contributed by atoms with Gasteiger partial charge < -0.3 is 9.80 Å². The first-order valence-corrected chi connectivity index (χ1v) is 11.8. The Labute approximate surface area is 187 Å². The molecular formula is C23H22ClN3O3S. The van der Waals surface area contributed by atoms with Crippen LogP contribution in [0.3, 0.4) is 0 Å². The minimum absolute atomic E-state index is 0.0584. The lowest BCUT2D eigenvalue weighted by atomic mass is 10.1. The van der Waals surface area contributed by atoms with Gasteiger partial charge in [0, 0.05) is 48.1 Å². The molecule has 0 bridgehead atoms. The molecule has 1 amide bonds. The number of sulfonamides is 1. The minimum Gasteiger partial charge on any atom is -0.368 e. The lowest BCUT2D eigenvalue weighted by Crippen LogP contribution is -2.48. The Morgan fingerprint density at radius 2 is 1.52 bits per heavy atom. The van der Waals surface area contributed by atoms with Crippen LogP contribution in [-0.2, 0) is 10.0 Å². The van der Waals surface area contributed by atoms with Gasteiger partial charge in [-0.1, -0.05) is 35.9 Å². The summed E-state index contributed by atoms with van der Waals surface area (Å²) in [7, 11) is -3.76. The summed E-state index contributed by atoms with van der Waals surface area (Å²) in [5, 5.41) is 0.344. The molecule has 1 heterocycles. The standard InChI is InChI=1S/C23H22ClN3O3S/c24-19-5-4-8-22(17-19)31(29,30)25-20-11-9-18(10-12-20)23(28)27-15-13-26(14-16-27)21-6-2-1-3-7-21/h1-12,17,25H,13-16H2. The molecule has 0 saturated carbocycles. The molecule has 1 saturated heterocycles. The van der Waals surface area contributed by atoms with Crippen LogP contribution >= 0.6 is 11.6 Å². The van der Waals surface area contributed by atoms with Gasteiger partial charge in [-0.15, -0.1) is 0 Å². The van der Waals surface area contributed by atoms with Crippen molar-refractivity contribution in [1.82, 2.24) is 4.90 Å². The van der Waals surface area contributed by atoms with E-state index in [2.05, 4.69) is 21.8 Å². The van der Waals surface area contributed by atoms with Crippen molar-refractivity contribution in [2.45, 2.75) is 4.90 Å². The first-order chi connectivity index (χ1) is 14.9. The molecule has 0 radical (unpaired) electrons. The smallest absolute Gasteiger partial charge is 0.261 e. The third-order valence-corrected chi connectivity index (χ3v) is 6.79. The second kappa shape index (κ2) is 8.99. The Morgan fingerprint density at radius 1 is 0.839 bits per heavy atom. The zero-order valence-electron chi connectivity index (χ0n) is 16.7. The summed E-state index contributed by atoms with van der Waals surface area (Å²) in [5.74, 6) is -0.0584. The summed E-state index contributed by atoms with van der Waals surface area (Å²) in [5.41, 5.74) is 2.07. The van der Waals surface area contributed by atoms with E-state index >= 15 is 0 Å². The predicted octanol–water partition coefficient (Wildman–Crippen LogP) is 4.10. The molecule has 0 aromatic heterocycles. The Bertz CT molecular complexity index is 1160. The Morgan fingerprint density at radius 3 is 2.16 bits per heavy atom. The molecule has 6 nitrogen and oxygen atoms in total. The molecule has 1 N–H and O–H groups in total. The number of hydrogen-bond acceptors (Lipinski definition) is 4. The molecule has 0 spiro atoms. The fraction of sp³-hybridized carbons (Fsp3) is 0.174. The second-order valence-electron chi connectivity index (χ2n) is 7.26. The number of para-hydroxylation sites is 1. The Hall–Kier alpha value is -3.03. The number of carbonyl (C=O) groups is 1. The van der Waals surface area contributed by atoms with Gasteiger partial charge in [-0.2, -0.15) is 0 Å². The topological polar surface area (TPSA) is 69.7 Å². The average Bonchev–Trinajstić information content (AvgIpc) is 2.80. The van der Waals surface area contributed by atoms with E-state index in [0.29, 0.717) is 29.4 Å². The molecule has 3 aromatic carbocycles. The third-order valence-electron chi connectivity index (χ3n) is 5.18. The summed E-state index contributed by atoms with van der Waals surface area (Å²) in [6.07, 6.45) is 0. The van der Waals surface area contributed by atoms with Crippen molar-refractivity contribution < 1.29 is 13.2 Å². The fourth-order valence-corrected chi connectivity index (χ4v) is 4.88. The van der Waals surface area contributed by atoms with E-state index in [1.807, 2.05) is 23.1 Å². The SMILES string of the molecule is O=C(c1ccc(NS(=O)(=O)c2cccc(Cl)c2)cc1)N1CCN(c2ccccc2)CC1. The number of hydrogen-bond donors (Lipinski definition) is 1. The van der Waals surface area contributed by atoms with Crippen molar-refractivity contribution in [3.8, 4) is 0 Å². The van der Waals surface area contributed by atoms with Crippen LogP contribution < -0.4 is 9.62 Å². The average molecular weight is 456 g/mol. The number of carbonyl (C=O) groups excluding carboxylic acids is 1. The van der Waals surface area contributed by atoms with Crippen LogP contribution in [0.1, 0.15) is 10.4 Å². The van der Waals surface area contributed by atoms with Gasteiger partial charge in [-0.25, -0.2) is 8.42 Å². The van der Waals surface area contributed by atoms with Crippen LogP contribution in [0, 0.1) is 0 Å². The molecule has 1 aliphatic heterocycles. The van der Waals surface area contributed by atoms with E-state index in [0.717, 1.165) is 18.8 Å². The molecule has 0 atom stereocenters. The third kappa shape index (κ3) is 5.00. The maximum Gasteiger partial charge on any atom is 0.261 e. The van der Waals surface area contributed by atoms with E-state index in [-0.39, 0.29) is 10.8 Å². The first-order valence-electron chi connectivity index (χ1n) is 9.90.